The van der Waals surface area contributed by atoms with Crippen LogP contribution in [0.3, 0.4) is 0 Å². The van der Waals surface area contributed by atoms with E-state index in [1.807, 2.05) is 13.8 Å². The van der Waals surface area contributed by atoms with Gasteiger partial charge in [-0.05, 0) is 31.5 Å². The number of carbonyl (C=O) groups excluding carboxylic acids is 1. The molecule has 4 nitrogen and oxygen atoms in total. The zero-order chi connectivity index (χ0) is 14.7. The van der Waals surface area contributed by atoms with Gasteiger partial charge in [-0.25, -0.2) is 4.98 Å². The Hall–Kier alpha value is -1.59. The summed E-state index contributed by atoms with van der Waals surface area (Å²) >= 11 is 7.38. The zero-order valence-electron chi connectivity index (χ0n) is 11.2. The Balaban J connectivity index is 2.14. The van der Waals surface area contributed by atoms with Gasteiger partial charge in [-0.3, -0.25) is 4.79 Å². The van der Waals surface area contributed by atoms with Gasteiger partial charge in [0.25, 0.3) is 5.91 Å². The van der Waals surface area contributed by atoms with Crippen molar-refractivity contribution in [2.45, 2.75) is 26.3 Å². The second-order valence-corrected chi connectivity index (χ2v) is 6.08. The van der Waals surface area contributed by atoms with Crippen LogP contribution in [0.5, 0.6) is 5.75 Å². The number of aromatic nitrogens is 1. The molecule has 0 bridgehead atoms. The summed E-state index contributed by atoms with van der Waals surface area (Å²) in [5.74, 6) is -0.266. The highest BCUT2D eigenvalue weighted by Crippen LogP contribution is 2.25. The van der Waals surface area contributed by atoms with Crippen molar-refractivity contribution in [3.05, 3.63) is 44.9 Å². The lowest BCUT2D eigenvalue weighted by Crippen LogP contribution is -2.28. The average Bonchev–Trinajstić information content (AvgIpc) is 2.85. The molecule has 1 amide bonds. The van der Waals surface area contributed by atoms with E-state index in [2.05, 4.69) is 10.3 Å². The Morgan fingerprint density at radius 2 is 2.30 bits per heavy atom. The Kier molecular flexibility index (Phi) is 4.62. The van der Waals surface area contributed by atoms with Gasteiger partial charge in [-0.1, -0.05) is 18.5 Å². The maximum absolute atomic E-state index is 12.2. The second-order valence-electron chi connectivity index (χ2n) is 4.41. The van der Waals surface area contributed by atoms with E-state index in [1.165, 1.54) is 18.2 Å². The number of nitrogens with one attached hydrogen (secondary N) is 1. The molecule has 0 spiro atoms. The topological polar surface area (TPSA) is 62.2 Å². The Bertz CT molecular complexity index is 627. The van der Waals surface area contributed by atoms with Gasteiger partial charge in [0.2, 0.25) is 0 Å². The monoisotopic (exact) mass is 310 g/mol. The number of aryl methyl sites for hydroxylation is 1. The number of carbonyl (C=O) groups is 1. The van der Waals surface area contributed by atoms with E-state index >= 15 is 0 Å². The maximum atomic E-state index is 12.2. The summed E-state index contributed by atoms with van der Waals surface area (Å²) in [5, 5.41) is 13.3. The molecule has 0 aliphatic heterocycles. The first-order valence-electron chi connectivity index (χ1n) is 6.23. The molecule has 0 radical (unpaired) electrons. The van der Waals surface area contributed by atoms with Gasteiger partial charge in [-0.2, -0.15) is 0 Å². The fourth-order valence-corrected chi connectivity index (χ4v) is 2.85. The first kappa shape index (κ1) is 14.8. The SMILES string of the molecule is CCC(NC(=O)c1ccc(O)c(Cl)c1)c1ncc(C)s1. The van der Waals surface area contributed by atoms with E-state index in [0.717, 1.165) is 16.3 Å². The number of halogens is 1. The van der Waals surface area contributed by atoms with Crippen molar-refractivity contribution >= 4 is 28.8 Å². The van der Waals surface area contributed by atoms with Gasteiger partial charge in [0.1, 0.15) is 10.8 Å². The van der Waals surface area contributed by atoms with Gasteiger partial charge < -0.3 is 10.4 Å². The molecule has 2 rings (SSSR count). The molecule has 0 aliphatic rings. The van der Waals surface area contributed by atoms with Crippen LogP contribution in [-0.4, -0.2) is 16.0 Å². The van der Waals surface area contributed by atoms with Gasteiger partial charge in [-0.15, -0.1) is 11.3 Å². The minimum atomic E-state index is -0.230. The molecule has 1 atom stereocenters. The van der Waals surface area contributed by atoms with Crippen molar-refractivity contribution in [1.29, 1.82) is 0 Å². The van der Waals surface area contributed by atoms with Crippen molar-refractivity contribution < 1.29 is 9.90 Å². The van der Waals surface area contributed by atoms with Crippen LogP contribution in [0, 0.1) is 6.92 Å². The van der Waals surface area contributed by atoms with Crippen molar-refractivity contribution in [1.82, 2.24) is 10.3 Å². The van der Waals surface area contributed by atoms with E-state index in [4.69, 9.17) is 11.6 Å². The summed E-state index contributed by atoms with van der Waals surface area (Å²) in [6.45, 7) is 3.97. The third-order valence-corrected chi connectivity index (χ3v) is 4.19. The predicted octanol–water partition coefficient (Wildman–Crippen LogP) is 3.69. The van der Waals surface area contributed by atoms with E-state index in [-0.39, 0.29) is 22.7 Å². The first-order chi connectivity index (χ1) is 9.51. The standard InChI is InChI=1S/C14H15ClN2O2S/c1-3-11(14-16-7-8(2)20-14)17-13(19)9-4-5-12(18)10(15)6-9/h4-7,11,18H,3H2,1-2H3,(H,17,19). The number of rotatable bonds is 4. The number of hydrogen-bond acceptors (Lipinski definition) is 4. The lowest BCUT2D eigenvalue weighted by molar-refractivity contribution is 0.0935. The number of benzene rings is 1. The van der Waals surface area contributed by atoms with Crippen LogP contribution < -0.4 is 5.32 Å². The smallest absolute Gasteiger partial charge is 0.251 e. The van der Waals surface area contributed by atoms with Crippen molar-refractivity contribution in [3.63, 3.8) is 0 Å². The molecule has 0 saturated carbocycles. The highest BCUT2D eigenvalue weighted by molar-refractivity contribution is 7.11. The molecule has 20 heavy (non-hydrogen) atoms. The summed E-state index contributed by atoms with van der Waals surface area (Å²) in [6.07, 6.45) is 2.55. The molecule has 6 heteroatoms. The third-order valence-electron chi connectivity index (χ3n) is 2.86. The lowest BCUT2D eigenvalue weighted by Gasteiger charge is -2.14. The second kappa shape index (κ2) is 6.24. The molecule has 0 saturated heterocycles. The quantitative estimate of drug-likeness (QED) is 0.905. The van der Waals surface area contributed by atoms with Crippen molar-refractivity contribution in [2.75, 3.05) is 0 Å². The molecule has 1 unspecified atom stereocenters. The Morgan fingerprint density at radius 1 is 1.55 bits per heavy atom. The maximum Gasteiger partial charge on any atom is 0.251 e. The fourth-order valence-electron chi connectivity index (χ4n) is 1.76. The fraction of sp³-hybridized carbons (Fsp3) is 0.286. The number of phenolic OH excluding ortho intramolecular Hbond substituents is 1. The van der Waals surface area contributed by atoms with E-state index in [9.17, 15) is 9.90 Å². The minimum Gasteiger partial charge on any atom is -0.506 e. The van der Waals surface area contributed by atoms with Crippen LogP contribution >= 0.6 is 22.9 Å². The lowest BCUT2D eigenvalue weighted by atomic mass is 10.1. The summed E-state index contributed by atoms with van der Waals surface area (Å²) in [4.78, 5) is 17.6. The third kappa shape index (κ3) is 3.29. The van der Waals surface area contributed by atoms with Crippen LogP contribution in [0.4, 0.5) is 0 Å². The summed E-state index contributed by atoms with van der Waals surface area (Å²) in [5.41, 5.74) is 0.416. The zero-order valence-corrected chi connectivity index (χ0v) is 12.8. The molecule has 2 N–H and O–H groups in total. The van der Waals surface area contributed by atoms with E-state index in [0.29, 0.717) is 5.56 Å². The predicted molar refractivity (Wildman–Crippen MR) is 80.5 cm³/mol. The summed E-state index contributed by atoms with van der Waals surface area (Å²) < 4.78 is 0. The van der Waals surface area contributed by atoms with Gasteiger partial charge in [0, 0.05) is 16.6 Å². The van der Waals surface area contributed by atoms with Gasteiger partial charge in [0.05, 0.1) is 11.1 Å². The van der Waals surface area contributed by atoms with Crippen molar-refractivity contribution in [3.8, 4) is 5.75 Å². The van der Waals surface area contributed by atoms with E-state index in [1.54, 1.807) is 17.5 Å². The van der Waals surface area contributed by atoms with Crippen LogP contribution in [-0.2, 0) is 0 Å². The Labute approximate surface area is 126 Å². The highest BCUT2D eigenvalue weighted by Gasteiger charge is 2.17. The normalized spacial score (nSPS) is 12.2. The molecule has 1 aromatic heterocycles. The van der Waals surface area contributed by atoms with Crippen molar-refractivity contribution in [2.24, 2.45) is 0 Å². The molecular weight excluding hydrogens is 296 g/mol. The van der Waals surface area contributed by atoms with Crippen LogP contribution in [0.25, 0.3) is 0 Å². The number of phenols is 1. The minimum absolute atomic E-state index is 0.0363. The Morgan fingerprint density at radius 3 is 2.85 bits per heavy atom. The largest absolute Gasteiger partial charge is 0.506 e. The first-order valence-corrected chi connectivity index (χ1v) is 7.42. The average molecular weight is 311 g/mol. The van der Waals surface area contributed by atoms with Crippen LogP contribution in [0.1, 0.15) is 39.6 Å². The molecule has 2 aromatic rings. The number of aromatic hydroxyl groups is 1. The molecular formula is C14H15ClN2O2S. The summed E-state index contributed by atoms with van der Waals surface area (Å²) in [7, 11) is 0. The molecule has 0 fully saturated rings. The molecule has 1 heterocycles. The highest BCUT2D eigenvalue weighted by atomic mass is 35.5. The van der Waals surface area contributed by atoms with E-state index < -0.39 is 0 Å². The number of thiazole rings is 1. The number of nitrogens with zero attached hydrogens (tertiary/aromatic N) is 1. The number of amides is 1. The molecule has 0 aliphatic carbocycles. The number of hydrogen-bond donors (Lipinski definition) is 2. The molecule has 106 valence electrons. The van der Waals surface area contributed by atoms with Gasteiger partial charge >= 0.3 is 0 Å². The van der Waals surface area contributed by atoms with Crippen LogP contribution in [0.2, 0.25) is 5.02 Å². The summed E-state index contributed by atoms with van der Waals surface area (Å²) in [6, 6.07) is 4.28. The van der Waals surface area contributed by atoms with Crippen LogP contribution in [0.15, 0.2) is 24.4 Å². The molecule has 1 aromatic carbocycles. The van der Waals surface area contributed by atoms with Gasteiger partial charge in [0.15, 0.2) is 0 Å².